The molecule has 3 rings (SSSR count). The van der Waals surface area contributed by atoms with E-state index < -0.39 is 0 Å². The van der Waals surface area contributed by atoms with Crippen molar-refractivity contribution in [2.24, 2.45) is 0 Å². The van der Waals surface area contributed by atoms with Crippen molar-refractivity contribution in [1.29, 1.82) is 0 Å². The number of hydrogen-bond acceptors (Lipinski definition) is 2. The summed E-state index contributed by atoms with van der Waals surface area (Å²) in [7, 11) is 0. The van der Waals surface area contributed by atoms with Crippen LogP contribution in [0.1, 0.15) is 50.0 Å². The molecule has 0 bridgehead atoms. The van der Waals surface area contributed by atoms with Crippen LogP contribution >= 0.6 is 0 Å². The zero-order valence-corrected chi connectivity index (χ0v) is 10.9. The highest BCUT2D eigenvalue weighted by atomic mass is 15.1. The van der Waals surface area contributed by atoms with Gasteiger partial charge in [-0.2, -0.15) is 0 Å². The van der Waals surface area contributed by atoms with E-state index in [-0.39, 0.29) is 0 Å². The largest absolute Gasteiger partial charge is 0.332 e. The van der Waals surface area contributed by atoms with Crippen LogP contribution in [0, 0.1) is 0 Å². The zero-order valence-electron chi connectivity index (χ0n) is 10.9. The highest BCUT2D eigenvalue weighted by molar-refractivity contribution is 5.12. The van der Waals surface area contributed by atoms with Gasteiger partial charge in [-0.25, -0.2) is 4.98 Å². The molecule has 3 heterocycles. The molecule has 1 unspecified atom stereocenters. The van der Waals surface area contributed by atoms with Gasteiger partial charge in [-0.05, 0) is 44.7 Å². The first-order valence-corrected chi connectivity index (χ1v) is 7.11. The van der Waals surface area contributed by atoms with Crippen molar-refractivity contribution in [1.82, 2.24) is 14.5 Å². The third-order valence-electron chi connectivity index (χ3n) is 4.34. The lowest BCUT2D eigenvalue weighted by atomic mass is 9.99. The van der Waals surface area contributed by atoms with Crippen molar-refractivity contribution in [3.63, 3.8) is 0 Å². The Kier molecular flexibility index (Phi) is 3.19. The molecule has 1 aromatic rings. The number of nitrogens with zero attached hydrogens (tertiary/aromatic N) is 3. The maximum atomic E-state index is 4.65. The monoisotopic (exact) mass is 233 g/mol. The second kappa shape index (κ2) is 4.81. The van der Waals surface area contributed by atoms with Crippen LogP contribution in [-0.2, 0) is 13.0 Å². The summed E-state index contributed by atoms with van der Waals surface area (Å²) in [5, 5.41) is 0. The molecule has 0 aliphatic carbocycles. The highest BCUT2D eigenvalue weighted by Crippen LogP contribution is 2.27. The SMILES string of the molecule is CC1CCCn2c1cnc2CCN1CCCC1. The highest BCUT2D eigenvalue weighted by Gasteiger charge is 2.20. The van der Waals surface area contributed by atoms with Gasteiger partial charge in [0.15, 0.2) is 0 Å². The normalized spacial score (nSPS) is 25.1. The topological polar surface area (TPSA) is 21.1 Å². The van der Waals surface area contributed by atoms with Gasteiger partial charge in [0.2, 0.25) is 0 Å². The molecule has 0 aromatic carbocycles. The van der Waals surface area contributed by atoms with E-state index in [0.717, 1.165) is 6.42 Å². The second-order valence-electron chi connectivity index (χ2n) is 5.59. The van der Waals surface area contributed by atoms with E-state index in [0.29, 0.717) is 5.92 Å². The van der Waals surface area contributed by atoms with Gasteiger partial charge in [-0.15, -0.1) is 0 Å². The van der Waals surface area contributed by atoms with Crippen molar-refractivity contribution >= 4 is 0 Å². The van der Waals surface area contributed by atoms with Crippen molar-refractivity contribution in [2.75, 3.05) is 19.6 Å². The lowest BCUT2D eigenvalue weighted by Gasteiger charge is -2.22. The molecule has 0 N–H and O–H groups in total. The van der Waals surface area contributed by atoms with Crippen LogP contribution in [0.3, 0.4) is 0 Å². The third-order valence-corrected chi connectivity index (χ3v) is 4.34. The van der Waals surface area contributed by atoms with Gasteiger partial charge in [-0.3, -0.25) is 0 Å². The zero-order chi connectivity index (χ0) is 11.7. The smallest absolute Gasteiger partial charge is 0.110 e. The molecule has 0 spiro atoms. The van der Waals surface area contributed by atoms with E-state index in [2.05, 4.69) is 27.6 Å². The Morgan fingerprint density at radius 2 is 2.06 bits per heavy atom. The Bertz CT molecular complexity index is 377. The Balaban J connectivity index is 1.66. The molecule has 1 saturated heterocycles. The Labute approximate surface area is 104 Å². The van der Waals surface area contributed by atoms with Crippen LogP contribution in [0.2, 0.25) is 0 Å². The van der Waals surface area contributed by atoms with Crippen molar-refractivity contribution in [3.8, 4) is 0 Å². The van der Waals surface area contributed by atoms with Crippen LogP contribution in [-0.4, -0.2) is 34.1 Å². The Morgan fingerprint density at radius 1 is 1.24 bits per heavy atom. The number of aromatic nitrogens is 2. The molecule has 1 atom stereocenters. The standard InChI is InChI=1S/C14H23N3/c1-12-5-4-9-17-13(12)11-15-14(17)6-10-16-7-2-3-8-16/h11-12H,2-10H2,1H3. The Hall–Kier alpha value is -0.830. The van der Waals surface area contributed by atoms with Gasteiger partial charge in [0.1, 0.15) is 5.82 Å². The summed E-state index contributed by atoms with van der Waals surface area (Å²) in [5.74, 6) is 2.02. The van der Waals surface area contributed by atoms with Gasteiger partial charge in [0, 0.05) is 31.4 Å². The lowest BCUT2D eigenvalue weighted by molar-refractivity contribution is 0.336. The maximum Gasteiger partial charge on any atom is 0.110 e. The third kappa shape index (κ3) is 2.25. The fourth-order valence-corrected chi connectivity index (χ4v) is 3.25. The van der Waals surface area contributed by atoms with Gasteiger partial charge in [0.25, 0.3) is 0 Å². The fourth-order valence-electron chi connectivity index (χ4n) is 3.25. The average Bonchev–Trinajstić information content (AvgIpc) is 2.95. The summed E-state index contributed by atoms with van der Waals surface area (Å²) < 4.78 is 2.48. The van der Waals surface area contributed by atoms with E-state index >= 15 is 0 Å². The van der Waals surface area contributed by atoms with E-state index in [1.165, 1.54) is 63.4 Å². The van der Waals surface area contributed by atoms with Gasteiger partial charge < -0.3 is 9.47 Å². The molecule has 3 heteroatoms. The van der Waals surface area contributed by atoms with Crippen LogP contribution in [0.5, 0.6) is 0 Å². The number of imidazole rings is 1. The molecule has 0 saturated carbocycles. The summed E-state index contributed by atoms with van der Waals surface area (Å²) in [6.07, 6.45) is 8.67. The van der Waals surface area contributed by atoms with Crippen LogP contribution in [0.25, 0.3) is 0 Å². The maximum absolute atomic E-state index is 4.65. The summed E-state index contributed by atoms with van der Waals surface area (Å²) in [6.45, 7) is 7.31. The summed E-state index contributed by atoms with van der Waals surface area (Å²) in [6, 6.07) is 0. The number of rotatable bonds is 3. The predicted octanol–water partition coefficient (Wildman–Crippen LogP) is 2.42. The van der Waals surface area contributed by atoms with E-state index in [9.17, 15) is 0 Å². The molecule has 1 fully saturated rings. The minimum Gasteiger partial charge on any atom is -0.332 e. The van der Waals surface area contributed by atoms with Crippen molar-refractivity contribution < 1.29 is 0 Å². The van der Waals surface area contributed by atoms with Gasteiger partial charge >= 0.3 is 0 Å². The molecule has 2 aliphatic heterocycles. The van der Waals surface area contributed by atoms with E-state index in [1.54, 1.807) is 0 Å². The first-order chi connectivity index (χ1) is 8.34. The van der Waals surface area contributed by atoms with Crippen LogP contribution in [0.15, 0.2) is 6.20 Å². The fraction of sp³-hybridized carbons (Fsp3) is 0.786. The quantitative estimate of drug-likeness (QED) is 0.799. The van der Waals surface area contributed by atoms with Gasteiger partial charge in [-0.1, -0.05) is 6.92 Å². The van der Waals surface area contributed by atoms with Crippen LogP contribution in [0.4, 0.5) is 0 Å². The summed E-state index contributed by atoms with van der Waals surface area (Å²) >= 11 is 0. The molecule has 2 aliphatic rings. The minimum absolute atomic E-state index is 0.705. The molecular weight excluding hydrogens is 210 g/mol. The first kappa shape index (κ1) is 11.3. The molecule has 1 aromatic heterocycles. The molecule has 0 radical (unpaired) electrons. The summed E-state index contributed by atoms with van der Waals surface area (Å²) in [4.78, 5) is 7.22. The predicted molar refractivity (Wildman–Crippen MR) is 69.3 cm³/mol. The average molecular weight is 233 g/mol. The van der Waals surface area contributed by atoms with Crippen molar-refractivity contribution in [3.05, 3.63) is 17.7 Å². The molecule has 94 valence electrons. The number of hydrogen-bond donors (Lipinski definition) is 0. The van der Waals surface area contributed by atoms with E-state index in [1.807, 2.05) is 0 Å². The van der Waals surface area contributed by atoms with E-state index in [4.69, 9.17) is 0 Å². The summed E-state index contributed by atoms with van der Waals surface area (Å²) in [5.41, 5.74) is 1.47. The first-order valence-electron chi connectivity index (χ1n) is 7.11. The van der Waals surface area contributed by atoms with Crippen LogP contribution < -0.4 is 0 Å². The number of fused-ring (bicyclic) bond motifs is 1. The molecule has 3 nitrogen and oxygen atoms in total. The lowest BCUT2D eigenvalue weighted by Crippen LogP contribution is -2.24. The molecule has 0 amide bonds. The number of likely N-dealkylation sites (tertiary alicyclic amines) is 1. The van der Waals surface area contributed by atoms with Crippen molar-refractivity contribution in [2.45, 2.75) is 51.5 Å². The van der Waals surface area contributed by atoms with Gasteiger partial charge in [0.05, 0.1) is 0 Å². The molecule has 17 heavy (non-hydrogen) atoms. The Morgan fingerprint density at radius 3 is 2.88 bits per heavy atom. The second-order valence-corrected chi connectivity index (χ2v) is 5.59. The molecular formula is C14H23N3. The minimum atomic E-state index is 0.705.